The van der Waals surface area contributed by atoms with Crippen LogP contribution in [0.2, 0.25) is 0 Å². The van der Waals surface area contributed by atoms with E-state index in [0.29, 0.717) is 32.4 Å². The summed E-state index contributed by atoms with van der Waals surface area (Å²) in [6.07, 6.45) is 3.02. The van der Waals surface area contributed by atoms with E-state index in [-0.39, 0.29) is 25.9 Å². The van der Waals surface area contributed by atoms with Crippen molar-refractivity contribution in [2.75, 3.05) is 26.7 Å². The topological polar surface area (TPSA) is 102 Å². The summed E-state index contributed by atoms with van der Waals surface area (Å²) in [5, 5.41) is 0. The van der Waals surface area contributed by atoms with Gasteiger partial charge in [-0.3, -0.25) is 14.4 Å². The standard InChI is InChI=1S/C24H39NO8/c1-7-11-18(26)31-21-17(5)30-24(29-16-15-25(6)14-10-4)23(33-20(28)13-9-3)22(21)32-19(27)12-8-2/h4,17,21-24H,7-9,11-16H2,1-3,5-6H3/p+1. The molecule has 6 atom stereocenters. The number of terminal acetylenes is 1. The number of hydrogen-bond acceptors (Lipinski definition) is 8. The van der Waals surface area contributed by atoms with E-state index in [9.17, 15) is 14.4 Å². The Balaban J connectivity index is 3.14. The average Bonchev–Trinajstić information content (AvgIpc) is 2.74. The van der Waals surface area contributed by atoms with E-state index in [1.54, 1.807) is 6.92 Å². The Bertz CT molecular complexity index is 661. The molecule has 1 N–H and O–H groups in total. The van der Waals surface area contributed by atoms with E-state index in [0.717, 1.165) is 4.90 Å². The van der Waals surface area contributed by atoms with Crippen LogP contribution >= 0.6 is 0 Å². The van der Waals surface area contributed by atoms with Gasteiger partial charge in [0.05, 0.1) is 19.8 Å². The van der Waals surface area contributed by atoms with Gasteiger partial charge in [-0.05, 0) is 32.1 Å². The molecular weight excluding hydrogens is 430 g/mol. The second-order valence-corrected chi connectivity index (χ2v) is 8.28. The van der Waals surface area contributed by atoms with Crippen molar-refractivity contribution in [2.45, 2.75) is 96.9 Å². The third-order valence-corrected chi connectivity index (χ3v) is 5.11. The zero-order chi connectivity index (χ0) is 24.8. The second-order valence-electron chi connectivity index (χ2n) is 8.28. The lowest BCUT2D eigenvalue weighted by Gasteiger charge is -2.43. The third-order valence-electron chi connectivity index (χ3n) is 5.11. The van der Waals surface area contributed by atoms with Gasteiger partial charge in [-0.25, -0.2) is 0 Å². The maximum atomic E-state index is 12.4. The number of likely N-dealkylation sites (N-methyl/N-ethyl adjacent to an activating group) is 1. The molecule has 6 unspecified atom stereocenters. The Morgan fingerprint density at radius 1 is 0.879 bits per heavy atom. The summed E-state index contributed by atoms with van der Waals surface area (Å²) in [6, 6.07) is 0. The van der Waals surface area contributed by atoms with E-state index in [4.69, 9.17) is 30.1 Å². The SMILES string of the molecule is C#CC[NH+](C)CCOC1OC(C)C(OC(=O)CCC)C(OC(=O)CCC)C1OC(=O)CCC. The molecule has 1 fully saturated rings. The highest BCUT2D eigenvalue weighted by Crippen LogP contribution is 2.30. The number of ether oxygens (including phenoxy) is 5. The van der Waals surface area contributed by atoms with Gasteiger partial charge >= 0.3 is 17.9 Å². The van der Waals surface area contributed by atoms with Crippen LogP contribution in [0.15, 0.2) is 0 Å². The zero-order valence-corrected chi connectivity index (χ0v) is 20.6. The average molecular weight is 471 g/mol. The van der Waals surface area contributed by atoms with Gasteiger partial charge in [0.25, 0.3) is 0 Å². The van der Waals surface area contributed by atoms with Crippen LogP contribution in [0.4, 0.5) is 0 Å². The number of nitrogens with one attached hydrogen (secondary N) is 1. The summed E-state index contributed by atoms with van der Waals surface area (Å²) in [7, 11) is 1.94. The van der Waals surface area contributed by atoms with Gasteiger partial charge in [-0.15, -0.1) is 6.42 Å². The Kier molecular flexibility index (Phi) is 13.7. The monoisotopic (exact) mass is 470 g/mol. The first-order valence-electron chi connectivity index (χ1n) is 11.9. The first-order chi connectivity index (χ1) is 15.8. The van der Waals surface area contributed by atoms with E-state index in [1.807, 2.05) is 27.8 Å². The van der Waals surface area contributed by atoms with Crippen LogP contribution < -0.4 is 4.90 Å². The largest absolute Gasteiger partial charge is 0.455 e. The molecule has 1 heterocycles. The highest BCUT2D eigenvalue weighted by molar-refractivity contribution is 5.71. The molecule has 1 aliphatic rings. The van der Waals surface area contributed by atoms with Crippen molar-refractivity contribution in [2.24, 2.45) is 0 Å². The predicted molar refractivity (Wildman–Crippen MR) is 120 cm³/mol. The van der Waals surface area contributed by atoms with Crippen LogP contribution in [0.3, 0.4) is 0 Å². The molecule has 1 rings (SSSR count). The molecule has 33 heavy (non-hydrogen) atoms. The number of rotatable bonds is 14. The van der Waals surface area contributed by atoms with Crippen LogP contribution in [0.1, 0.15) is 66.2 Å². The number of carbonyl (C=O) groups is 3. The highest BCUT2D eigenvalue weighted by atomic mass is 16.7. The highest BCUT2D eigenvalue weighted by Gasteiger charge is 2.51. The van der Waals surface area contributed by atoms with E-state index in [1.165, 1.54) is 0 Å². The van der Waals surface area contributed by atoms with Crippen molar-refractivity contribution in [3.8, 4) is 12.3 Å². The molecule has 0 spiro atoms. The first-order valence-corrected chi connectivity index (χ1v) is 11.9. The Labute approximate surface area is 197 Å². The fraction of sp³-hybridized carbons (Fsp3) is 0.792. The van der Waals surface area contributed by atoms with Gasteiger partial charge in [-0.2, -0.15) is 0 Å². The molecule has 9 nitrogen and oxygen atoms in total. The zero-order valence-electron chi connectivity index (χ0n) is 20.6. The van der Waals surface area contributed by atoms with E-state index in [2.05, 4.69) is 5.92 Å². The molecule has 0 aromatic rings. The minimum Gasteiger partial charge on any atom is -0.455 e. The molecule has 0 radical (unpaired) electrons. The molecule has 0 aliphatic carbocycles. The van der Waals surface area contributed by atoms with Crippen molar-refractivity contribution in [3.63, 3.8) is 0 Å². The molecule has 1 aliphatic heterocycles. The molecule has 0 bridgehead atoms. The molecule has 0 amide bonds. The van der Waals surface area contributed by atoms with Crippen molar-refractivity contribution < 1.29 is 43.0 Å². The quantitative estimate of drug-likeness (QED) is 0.228. The van der Waals surface area contributed by atoms with Gasteiger partial charge in [-0.1, -0.05) is 20.8 Å². The molecular formula is C24H40NO8+. The van der Waals surface area contributed by atoms with Gasteiger partial charge in [0.15, 0.2) is 24.6 Å². The minimum atomic E-state index is -1.08. The Morgan fingerprint density at radius 2 is 1.36 bits per heavy atom. The fourth-order valence-corrected chi connectivity index (χ4v) is 3.39. The minimum absolute atomic E-state index is 0.183. The number of hydrogen-bond donors (Lipinski definition) is 1. The van der Waals surface area contributed by atoms with Gasteiger partial charge in [0.1, 0.15) is 13.1 Å². The lowest BCUT2D eigenvalue weighted by Crippen LogP contribution is -3.09. The van der Waals surface area contributed by atoms with Crippen LogP contribution in [-0.2, 0) is 38.1 Å². The van der Waals surface area contributed by atoms with Crippen LogP contribution in [0.25, 0.3) is 0 Å². The van der Waals surface area contributed by atoms with E-state index < -0.39 is 48.6 Å². The number of quaternary nitrogens is 1. The lowest BCUT2D eigenvalue weighted by molar-refractivity contribution is -0.872. The summed E-state index contributed by atoms with van der Waals surface area (Å²) in [5.74, 6) is 1.21. The lowest BCUT2D eigenvalue weighted by atomic mass is 9.98. The second kappa shape index (κ2) is 15.6. The van der Waals surface area contributed by atoms with Crippen molar-refractivity contribution in [1.29, 1.82) is 0 Å². The molecule has 0 saturated carbocycles. The molecule has 0 aromatic heterocycles. The van der Waals surface area contributed by atoms with Gasteiger partial charge in [0.2, 0.25) is 0 Å². The maximum absolute atomic E-state index is 12.4. The summed E-state index contributed by atoms with van der Waals surface area (Å²) >= 11 is 0. The molecule has 1 saturated heterocycles. The smallest absolute Gasteiger partial charge is 0.306 e. The predicted octanol–water partition coefficient (Wildman–Crippen LogP) is 1.03. The van der Waals surface area contributed by atoms with Crippen molar-refractivity contribution in [1.82, 2.24) is 0 Å². The maximum Gasteiger partial charge on any atom is 0.306 e. The van der Waals surface area contributed by atoms with Crippen LogP contribution in [-0.4, -0.2) is 75.4 Å². The van der Waals surface area contributed by atoms with Gasteiger partial charge in [0, 0.05) is 19.3 Å². The first kappa shape index (κ1) is 28.9. The van der Waals surface area contributed by atoms with Crippen LogP contribution in [0, 0.1) is 12.3 Å². The van der Waals surface area contributed by atoms with Crippen molar-refractivity contribution in [3.05, 3.63) is 0 Å². The van der Waals surface area contributed by atoms with Gasteiger partial charge < -0.3 is 28.6 Å². The molecule has 0 aromatic carbocycles. The third kappa shape index (κ3) is 10.1. The Hall–Kier alpha value is -2.15. The number of carbonyl (C=O) groups excluding carboxylic acids is 3. The summed E-state index contributed by atoms with van der Waals surface area (Å²) in [5.41, 5.74) is 0. The Morgan fingerprint density at radius 3 is 1.85 bits per heavy atom. The van der Waals surface area contributed by atoms with Crippen molar-refractivity contribution >= 4 is 17.9 Å². The summed E-state index contributed by atoms with van der Waals surface area (Å²) in [4.78, 5) is 38.1. The summed E-state index contributed by atoms with van der Waals surface area (Å²) in [6.45, 7) is 8.69. The molecule has 9 heteroatoms. The fourth-order valence-electron chi connectivity index (χ4n) is 3.39. The van der Waals surface area contributed by atoms with Crippen LogP contribution in [0.5, 0.6) is 0 Å². The van der Waals surface area contributed by atoms with E-state index >= 15 is 0 Å². The molecule has 188 valence electrons. The normalized spacial score (nSPS) is 25.5. The number of esters is 3. The summed E-state index contributed by atoms with van der Waals surface area (Å²) < 4.78 is 28.9.